The van der Waals surface area contributed by atoms with E-state index in [-0.39, 0.29) is 38.8 Å². The van der Waals surface area contributed by atoms with Crippen LogP contribution in [0.1, 0.15) is 31.1 Å². The van der Waals surface area contributed by atoms with Crippen molar-refractivity contribution in [1.82, 2.24) is 0 Å². The molecule has 0 amide bonds. The molecular weight excluding hydrogens is 453 g/mol. The number of carboxylic acids is 1. The first-order valence-electron chi connectivity index (χ1n) is 9.85. The lowest BCUT2D eigenvalue weighted by Crippen LogP contribution is -2.44. The first kappa shape index (κ1) is 23.8. The van der Waals surface area contributed by atoms with Crippen LogP contribution in [-0.4, -0.2) is 34.1 Å². The molecule has 2 N–H and O–H groups in total. The Hall–Kier alpha value is -2.85. The van der Waals surface area contributed by atoms with Crippen LogP contribution in [0.15, 0.2) is 40.8 Å². The molecule has 2 aromatic carbocycles. The van der Waals surface area contributed by atoms with Gasteiger partial charge in [-0.3, -0.25) is 4.72 Å². The van der Waals surface area contributed by atoms with Gasteiger partial charge in [0.05, 0.1) is 11.9 Å². The Morgan fingerprint density at radius 1 is 1.16 bits per heavy atom. The van der Waals surface area contributed by atoms with E-state index in [1.54, 1.807) is 0 Å². The van der Waals surface area contributed by atoms with Gasteiger partial charge in [-0.15, -0.1) is 0 Å². The van der Waals surface area contributed by atoms with Gasteiger partial charge in [-0.1, -0.05) is 20.8 Å². The van der Waals surface area contributed by atoms with Crippen LogP contribution >= 0.6 is 0 Å². The van der Waals surface area contributed by atoms with E-state index in [0.717, 1.165) is 6.26 Å². The molecule has 0 aliphatic heterocycles. The summed E-state index contributed by atoms with van der Waals surface area (Å²) in [7, 11) is -6.05. The highest BCUT2D eigenvalue weighted by Gasteiger charge is 2.40. The highest BCUT2D eigenvalue weighted by molar-refractivity contribution is 7.92. The van der Waals surface area contributed by atoms with Crippen LogP contribution in [0.25, 0.3) is 22.3 Å². The lowest BCUT2D eigenvalue weighted by atomic mass is 10.1. The van der Waals surface area contributed by atoms with E-state index in [2.05, 4.69) is 4.72 Å². The summed E-state index contributed by atoms with van der Waals surface area (Å²) in [5.74, 6) is -1.43. The van der Waals surface area contributed by atoms with Crippen LogP contribution in [0.2, 0.25) is 18.1 Å². The van der Waals surface area contributed by atoms with E-state index in [1.807, 2.05) is 33.9 Å². The Labute approximate surface area is 187 Å². The third-order valence-corrected chi connectivity index (χ3v) is 10.5. The molecule has 0 saturated heterocycles. The first-order chi connectivity index (χ1) is 14.6. The summed E-state index contributed by atoms with van der Waals surface area (Å²) in [5, 5.41) is 9.97. The number of furan rings is 1. The highest BCUT2D eigenvalue weighted by Crippen LogP contribution is 2.43. The lowest BCUT2D eigenvalue weighted by molar-refractivity contribution is 0.0699. The van der Waals surface area contributed by atoms with Gasteiger partial charge in [0, 0.05) is 17.0 Å². The molecule has 0 unspecified atom stereocenters. The smallest absolute Gasteiger partial charge is 0.340 e. The summed E-state index contributed by atoms with van der Waals surface area (Å²) in [6.07, 6.45) is 1.02. The van der Waals surface area contributed by atoms with Gasteiger partial charge < -0.3 is 13.9 Å². The Kier molecular flexibility index (Phi) is 5.90. The standard InChI is InChI=1S/C22H26FNO6SSi/c1-22(2,3)32(5,6)30-18-11-15-17(12-16(18)24-31(4,27)28)29-20(19(15)21(25)26)13-7-9-14(23)10-8-13/h7-12,24H,1-6H3,(H,25,26). The minimum absolute atomic E-state index is 0.0438. The SMILES string of the molecule is CC(C)(C)[Si](C)(C)Oc1cc2c(C(=O)O)c(-c3ccc(F)cc3)oc2cc1NS(C)(=O)=O. The van der Waals surface area contributed by atoms with Gasteiger partial charge in [0.15, 0.2) is 0 Å². The second-order valence-electron chi connectivity index (χ2n) is 9.20. The van der Waals surface area contributed by atoms with Crippen LogP contribution < -0.4 is 9.15 Å². The Bertz CT molecular complexity index is 1290. The van der Waals surface area contributed by atoms with Crippen LogP contribution in [0, 0.1) is 5.82 Å². The lowest BCUT2D eigenvalue weighted by Gasteiger charge is -2.37. The summed E-state index contributed by atoms with van der Waals surface area (Å²) in [6, 6.07) is 8.15. The zero-order valence-electron chi connectivity index (χ0n) is 18.7. The number of benzene rings is 2. The molecule has 0 atom stereocenters. The monoisotopic (exact) mass is 479 g/mol. The number of hydrogen-bond donors (Lipinski definition) is 2. The number of carboxylic acid groups (broad SMARTS) is 1. The van der Waals surface area contributed by atoms with Crippen molar-refractivity contribution in [3.63, 3.8) is 0 Å². The molecular formula is C22H26FNO6SSi. The molecule has 1 aromatic heterocycles. The topological polar surface area (TPSA) is 106 Å². The van der Waals surface area contributed by atoms with E-state index in [9.17, 15) is 22.7 Å². The van der Waals surface area contributed by atoms with Crippen molar-refractivity contribution >= 4 is 41.0 Å². The second kappa shape index (κ2) is 7.93. The van der Waals surface area contributed by atoms with Crippen molar-refractivity contribution in [3.05, 3.63) is 47.8 Å². The minimum atomic E-state index is -3.65. The van der Waals surface area contributed by atoms with Crippen molar-refractivity contribution in [3.8, 4) is 17.1 Å². The Balaban J connectivity index is 2.29. The van der Waals surface area contributed by atoms with Gasteiger partial charge in [0.25, 0.3) is 8.32 Å². The van der Waals surface area contributed by atoms with E-state index in [0.29, 0.717) is 5.56 Å². The number of anilines is 1. The van der Waals surface area contributed by atoms with Crippen molar-refractivity contribution in [2.24, 2.45) is 0 Å². The third-order valence-electron chi connectivity index (χ3n) is 5.58. The number of carbonyl (C=O) groups is 1. The summed E-state index contributed by atoms with van der Waals surface area (Å²) in [6.45, 7) is 10.1. The molecule has 0 fully saturated rings. The number of rotatable bonds is 6. The Morgan fingerprint density at radius 2 is 1.75 bits per heavy atom. The maximum Gasteiger partial charge on any atom is 0.340 e. The van der Waals surface area contributed by atoms with E-state index >= 15 is 0 Å². The molecule has 0 spiro atoms. The molecule has 0 radical (unpaired) electrons. The van der Waals surface area contributed by atoms with Gasteiger partial charge in [-0.25, -0.2) is 17.6 Å². The zero-order valence-corrected chi connectivity index (χ0v) is 20.6. The van der Waals surface area contributed by atoms with E-state index < -0.39 is 30.1 Å². The minimum Gasteiger partial charge on any atom is -0.542 e. The molecule has 0 aliphatic carbocycles. The van der Waals surface area contributed by atoms with Crippen LogP contribution in [0.5, 0.6) is 5.75 Å². The van der Waals surface area contributed by atoms with E-state index in [1.165, 1.54) is 36.4 Å². The summed E-state index contributed by atoms with van der Waals surface area (Å²) in [5.41, 5.74) is 0.582. The first-order valence-corrected chi connectivity index (χ1v) is 14.7. The molecule has 10 heteroatoms. The molecule has 3 rings (SSSR count). The molecule has 1 heterocycles. The predicted molar refractivity (Wildman–Crippen MR) is 125 cm³/mol. The normalized spacial score (nSPS) is 12.7. The molecule has 0 saturated carbocycles. The summed E-state index contributed by atoms with van der Waals surface area (Å²) < 4.78 is 51.9. The second-order valence-corrected chi connectivity index (χ2v) is 15.7. The zero-order chi connectivity index (χ0) is 24.1. The highest BCUT2D eigenvalue weighted by atomic mass is 32.2. The average Bonchev–Trinajstić information content (AvgIpc) is 2.98. The fraction of sp³-hybridized carbons (Fsp3) is 0.318. The molecule has 32 heavy (non-hydrogen) atoms. The van der Waals surface area contributed by atoms with Crippen molar-refractivity contribution in [1.29, 1.82) is 0 Å². The fourth-order valence-electron chi connectivity index (χ4n) is 2.93. The molecule has 3 aromatic rings. The quantitative estimate of drug-likeness (QED) is 0.440. The van der Waals surface area contributed by atoms with Gasteiger partial charge in [-0.2, -0.15) is 0 Å². The Morgan fingerprint density at radius 3 is 2.25 bits per heavy atom. The molecule has 0 aliphatic rings. The number of sulfonamides is 1. The van der Waals surface area contributed by atoms with Gasteiger partial charge in [0.1, 0.15) is 28.5 Å². The molecule has 7 nitrogen and oxygen atoms in total. The maximum atomic E-state index is 13.4. The van der Waals surface area contributed by atoms with Gasteiger partial charge in [-0.05, 0) is 48.5 Å². The molecule has 172 valence electrons. The number of aromatic carboxylic acids is 1. The van der Waals surface area contributed by atoms with Crippen molar-refractivity contribution in [2.75, 3.05) is 11.0 Å². The van der Waals surface area contributed by atoms with Gasteiger partial charge >= 0.3 is 5.97 Å². The van der Waals surface area contributed by atoms with Crippen LogP contribution in [-0.2, 0) is 10.0 Å². The fourth-order valence-corrected chi connectivity index (χ4v) is 4.52. The maximum absolute atomic E-state index is 13.4. The number of hydrogen-bond acceptors (Lipinski definition) is 5. The largest absolute Gasteiger partial charge is 0.542 e. The molecule has 0 bridgehead atoms. The number of fused-ring (bicyclic) bond motifs is 1. The summed E-state index contributed by atoms with van der Waals surface area (Å²) in [4.78, 5) is 12.1. The van der Waals surface area contributed by atoms with E-state index in [4.69, 9.17) is 8.84 Å². The van der Waals surface area contributed by atoms with Crippen molar-refractivity contribution in [2.45, 2.75) is 38.9 Å². The van der Waals surface area contributed by atoms with Crippen molar-refractivity contribution < 1.29 is 31.6 Å². The summed E-state index contributed by atoms with van der Waals surface area (Å²) >= 11 is 0. The number of halogens is 1. The predicted octanol–water partition coefficient (Wildman–Crippen LogP) is 5.69. The average molecular weight is 480 g/mol. The van der Waals surface area contributed by atoms with Crippen LogP contribution in [0.3, 0.4) is 0 Å². The third kappa shape index (κ3) is 4.81. The number of nitrogens with one attached hydrogen (secondary N) is 1. The van der Waals surface area contributed by atoms with Crippen LogP contribution in [0.4, 0.5) is 10.1 Å². The van der Waals surface area contributed by atoms with Gasteiger partial charge in [0.2, 0.25) is 10.0 Å².